The highest BCUT2D eigenvalue weighted by Gasteiger charge is 2.17. The number of hydrogen-bond acceptors (Lipinski definition) is 4. The molecule has 0 spiro atoms. The summed E-state index contributed by atoms with van der Waals surface area (Å²) in [6.07, 6.45) is 0. The van der Waals surface area contributed by atoms with E-state index >= 15 is 0 Å². The molecule has 1 atom stereocenters. The monoisotopic (exact) mass is 359 g/mol. The second-order valence-electron chi connectivity index (χ2n) is 5.59. The van der Waals surface area contributed by atoms with Crippen molar-refractivity contribution in [2.45, 2.75) is 19.6 Å². The number of aromatic amines is 1. The van der Waals surface area contributed by atoms with Gasteiger partial charge in [0, 0.05) is 5.39 Å². The van der Waals surface area contributed by atoms with E-state index in [9.17, 15) is 18.4 Å². The van der Waals surface area contributed by atoms with Gasteiger partial charge in [-0.3, -0.25) is 9.59 Å². The number of alkyl halides is 2. The zero-order valence-electron chi connectivity index (χ0n) is 13.7. The van der Waals surface area contributed by atoms with E-state index < -0.39 is 18.6 Å². The smallest absolute Gasteiger partial charge is 0.387 e. The van der Waals surface area contributed by atoms with Crippen LogP contribution in [0.2, 0.25) is 0 Å². The van der Waals surface area contributed by atoms with E-state index in [0.29, 0.717) is 16.3 Å². The molecule has 0 saturated carbocycles. The van der Waals surface area contributed by atoms with Gasteiger partial charge in [-0.2, -0.15) is 13.9 Å². The molecule has 1 amide bonds. The first-order valence-corrected chi connectivity index (χ1v) is 7.79. The Morgan fingerprint density at radius 3 is 2.42 bits per heavy atom. The quantitative estimate of drug-likeness (QED) is 0.733. The van der Waals surface area contributed by atoms with Gasteiger partial charge in [0.1, 0.15) is 5.75 Å². The molecule has 3 aromatic rings. The minimum atomic E-state index is -2.89. The van der Waals surface area contributed by atoms with Crippen LogP contribution in [0.4, 0.5) is 8.78 Å². The number of rotatable bonds is 5. The Morgan fingerprint density at radius 2 is 1.77 bits per heavy atom. The Balaban J connectivity index is 1.80. The first-order valence-electron chi connectivity index (χ1n) is 7.79. The molecule has 2 N–H and O–H groups in total. The van der Waals surface area contributed by atoms with Crippen molar-refractivity contribution < 1.29 is 18.3 Å². The topological polar surface area (TPSA) is 84.1 Å². The molecule has 0 fully saturated rings. The lowest BCUT2D eigenvalue weighted by molar-refractivity contribution is -0.0498. The third-order valence-corrected chi connectivity index (χ3v) is 3.86. The zero-order chi connectivity index (χ0) is 18.7. The number of fused-ring (bicyclic) bond motifs is 1. The number of halogens is 2. The predicted octanol–water partition coefficient (Wildman–Crippen LogP) is 3.02. The molecule has 6 nitrogen and oxygen atoms in total. The highest BCUT2D eigenvalue weighted by Crippen LogP contribution is 2.20. The van der Waals surface area contributed by atoms with Crippen molar-refractivity contribution in [2.75, 3.05) is 0 Å². The maximum absolute atomic E-state index is 12.5. The normalized spacial score (nSPS) is 12.2. The molecule has 134 valence electrons. The van der Waals surface area contributed by atoms with Crippen LogP contribution >= 0.6 is 0 Å². The number of aromatic nitrogens is 2. The second kappa shape index (κ2) is 7.30. The number of amides is 1. The summed E-state index contributed by atoms with van der Waals surface area (Å²) in [4.78, 5) is 24.3. The van der Waals surface area contributed by atoms with Gasteiger partial charge in [0.05, 0.1) is 11.4 Å². The number of carbonyl (C=O) groups excluding carboxylic acids is 1. The largest absolute Gasteiger partial charge is 0.435 e. The highest BCUT2D eigenvalue weighted by molar-refractivity contribution is 6.04. The summed E-state index contributed by atoms with van der Waals surface area (Å²) >= 11 is 0. The Hall–Kier alpha value is -3.29. The third-order valence-electron chi connectivity index (χ3n) is 3.86. The SMILES string of the molecule is CC(NC(=O)c1n[nH]c(=O)c2ccccc12)c1ccc(OC(F)F)cc1. The van der Waals surface area contributed by atoms with Gasteiger partial charge in [-0.15, -0.1) is 0 Å². The molecule has 3 rings (SSSR count). The van der Waals surface area contributed by atoms with Crippen LogP contribution in [0.5, 0.6) is 5.75 Å². The third kappa shape index (κ3) is 3.69. The Kier molecular flexibility index (Phi) is 4.92. The van der Waals surface area contributed by atoms with E-state index in [4.69, 9.17) is 0 Å². The summed E-state index contributed by atoms with van der Waals surface area (Å²) in [6, 6.07) is 12.2. The first kappa shape index (κ1) is 17.5. The van der Waals surface area contributed by atoms with Crippen molar-refractivity contribution in [3.05, 3.63) is 70.1 Å². The van der Waals surface area contributed by atoms with Gasteiger partial charge in [-0.1, -0.05) is 30.3 Å². The van der Waals surface area contributed by atoms with E-state index in [2.05, 4.69) is 20.3 Å². The molecule has 0 bridgehead atoms. The van der Waals surface area contributed by atoms with E-state index in [1.54, 1.807) is 43.3 Å². The van der Waals surface area contributed by atoms with Crippen LogP contribution in [0.3, 0.4) is 0 Å². The predicted molar refractivity (Wildman–Crippen MR) is 91.3 cm³/mol. The Morgan fingerprint density at radius 1 is 1.12 bits per heavy atom. The molecule has 2 aromatic carbocycles. The molecule has 26 heavy (non-hydrogen) atoms. The maximum atomic E-state index is 12.5. The fourth-order valence-electron chi connectivity index (χ4n) is 2.57. The molecule has 0 aliphatic heterocycles. The number of carbonyl (C=O) groups is 1. The number of ether oxygens (including phenoxy) is 1. The lowest BCUT2D eigenvalue weighted by Gasteiger charge is -2.15. The first-order chi connectivity index (χ1) is 12.5. The lowest BCUT2D eigenvalue weighted by Crippen LogP contribution is -2.29. The van der Waals surface area contributed by atoms with Crippen LogP contribution < -0.4 is 15.6 Å². The molecule has 0 radical (unpaired) electrons. The maximum Gasteiger partial charge on any atom is 0.387 e. The molecule has 8 heteroatoms. The molecular formula is C18H15F2N3O3. The van der Waals surface area contributed by atoms with Gasteiger partial charge < -0.3 is 10.1 Å². The van der Waals surface area contributed by atoms with Gasteiger partial charge in [-0.05, 0) is 30.7 Å². The summed E-state index contributed by atoms with van der Waals surface area (Å²) in [6.45, 7) is -1.15. The summed E-state index contributed by atoms with van der Waals surface area (Å²) in [5.41, 5.74) is 0.429. The number of nitrogens with one attached hydrogen (secondary N) is 2. The minimum absolute atomic E-state index is 0.0376. The number of hydrogen-bond donors (Lipinski definition) is 2. The molecule has 1 heterocycles. The summed E-state index contributed by atoms with van der Waals surface area (Å²) in [5, 5.41) is 9.74. The van der Waals surface area contributed by atoms with Crippen LogP contribution in [0.15, 0.2) is 53.3 Å². The van der Waals surface area contributed by atoms with Crippen molar-refractivity contribution in [3.63, 3.8) is 0 Å². The summed E-state index contributed by atoms with van der Waals surface area (Å²) in [7, 11) is 0. The van der Waals surface area contributed by atoms with Crippen LogP contribution in [-0.2, 0) is 0 Å². The van der Waals surface area contributed by atoms with Gasteiger partial charge >= 0.3 is 6.61 Å². The average Bonchev–Trinajstić information content (AvgIpc) is 2.62. The van der Waals surface area contributed by atoms with E-state index in [1.165, 1.54) is 12.1 Å². The second-order valence-corrected chi connectivity index (χ2v) is 5.59. The van der Waals surface area contributed by atoms with Crippen LogP contribution in [0.25, 0.3) is 10.8 Å². The highest BCUT2D eigenvalue weighted by atomic mass is 19.3. The van der Waals surface area contributed by atoms with Gasteiger partial charge in [0.15, 0.2) is 5.69 Å². The average molecular weight is 359 g/mol. The molecule has 0 aliphatic carbocycles. The van der Waals surface area contributed by atoms with Crippen molar-refractivity contribution in [1.82, 2.24) is 15.5 Å². The van der Waals surface area contributed by atoms with Crippen molar-refractivity contribution in [3.8, 4) is 5.75 Å². The van der Waals surface area contributed by atoms with Crippen molar-refractivity contribution in [1.29, 1.82) is 0 Å². The Bertz CT molecular complexity index is 987. The lowest BCUT2D eigenvalue weighted by atomic mass is 10.1. The van der Waals surface area contributed by atoms with E-state index in [1.807, 2.05) is 0 Å². The standard InChI is InChI=1S/C18H15F2N3O3/c1-10(11-6-8-12(9-7-11)26-18(19)20)21-17(25)15-13-4-2-3-5-14(13)16(24)23-22-15/h2-10,18H,1H3,(H,21,25)(H,23,24). The number of nitrogens with zero attached hydrogens (tertiary/aromatic N) is 1. The fourth-order valence-corrected chi connectivity index (χ4v) is 2.57. The van der Waals surface area contributed by atoms with Crippen LogP contribution in [-0.4, -0.2) is 22.7 Å². The van der Waals surface area contributed by atoms with E-state index in [-0.39, 0.29) is 17.0 Å². The molecule has 0 saturated heterocycles. The van der Waals surface area contributed by atoms with Crippen molar-refractivity contribution in [2.24, 2.45) is 0 Å². The van der Waals surface area contributed by atoms with Crippen LogP contribution in [0.1, 0.15) is 29.0 Å². The number of benzene rings is 2. The zero-order valence-corrected chi connectivity index (χ0v) is 13.7. The molecular weight excluding hydrogens is 344 g/mol. The fraction of sp³-hybridized carbons (Fsp3) is 0.167. The molecule has 1 unspecified atom stereocenters. The van der Waals surface area contributed by atoms with Crippen molar-refractivity contribution >= 4 is 16.7 Å². The van der Waals surface area contributed by atoms with Gasteiger partial charge in [0.2, 0.25) is 0 Å². The van der Waals surface area contributed by atoms with Crippen LogP contribution in [0, 0.1) is 0 Å². The minimum Gasteiger partial charge on any atom is -0.435 e. The number of H-pyrrole nitrogens is 1. The van der Waals surface area contributed by atoms with E-state index in [0.717, 1.165) is 0 Å². The molecule has 1 aromatic heterocycles. The van der Waals surface area contributed by atoms with Gasteiger partial charge in [-0.25, -0.2) is 5.10 Å². The molecule has 0 aliphatic rings. The van der Waals surface area contributed by atoms with Gasteiger partial charge in [0.25, 0.3) is 11.5 Å². The Labute approximate surface area is 146 Å². The summed E-state index contributed by atoms with van der Waals surface area (Å²) in [5.74, 6) is -0.423. The summed E-state index contributed by atoms with van der Waals surface area (Å²) < 4.78 is 28.7.